The summed E-state index contributed by atoms with van der Waals surface area (Å²) >= 11 is 12.1. The lowest BCUT2D eigenvalue weighted by molar-refractivity contribution is 0.174. The van der Waals surface area contributed by atoms with Crippen LogP contribution in [0.5, 0.6) is 11.5 Å². The van der Waals surface area contributed by atoms with Gasteiger partial charge in [-0.15, -0.1) is 5.10 Å². The first-order valence-electron chi connectivity index (χ1n) is 7.26. The van der Waals surface area contributed by atoms with Gasteiger partial charge >= 0.3 is 0 Å². The lowest BCUT2D eigenvalue weighted by Crippen LogP contribution is -2.02. The largest absolute Gasteiger partial charge is 0.454 e. The summed E-state index contributed by atoms with van der Waals surface area (Å²) in [6, 6.07) is 10.6. The zero-order valence-corrected chi connectivity index (χ0v) is 14.2. The van der Waals surface area contributed by atoms with Gasteiger partial charge in [-0.05, 0) is 30.3 Å². The van der Waals surface area contributed by atoms with Crippen molar-refractivity contribution in [3.8, 4) is 11.5 Å². The summed E-state index contributed by atoms with van der Waals surface area (Å²) in [4.78, 5) is 4.36. The zero-order valence-electron chi connectivity index (χ0n) is 12.7. The molecule has 7 nitrogen and oxygen atoms in total. The highest BCUT2D eigenvalue weighted by Crippen LogP contribution is 2.35. The van der Waals surface area contributed by atoms with Crippen molar-refractivity contribution in [3.63, 3.8) is 0 Å². The lowest BCUT2D eigenvalue weighted by Gasteiger charge is -2.09. The molecule has 1 aromatic heterocycles. The van der Waals surface area contributed by atoms with Gasteiger partial charge in [-0.1, -0.05) is 23.2 Å². The molecule has 25 heavy (non-hydrogen) atoms. The molecule has 1 aliphatic rings. The number of halogens is 2. The topological polar surface area (TPSA) is 81.2 Å². The van der Waals surface area contributed by atoms with E-state index in [1.54, 1.807) is 24.3 Å². The Hall–Kier alpha value is -2.77. The van der Waals surface area contributed by atoms with E-state index >= 15 is 0 Å². The van der Waals surface area contributed by atoms with Crippen molar-refractivity contribution in [2.45, 2.75) is 0 Å². The number of hydrogen-bond acceptors (Lipinski definition) is 7. The third-order valence-electron chi connectivity index (χ3n) is 3.38. The normalized spacial score (nSPS) is 12.1. The predicted molar refractivity (Wildman–Crippen MR) is 95.4 cm³/mol. The van der Waals surface area contributed by atoms with E-state index in [1.807, 2.05) is 12.1 Å². The van der Waals surface area contributed by atoms with E-state index in [4.69, 9.17) is 32.7 Å². The molecule has 0 amide bonds. The van der Waals surface area contributed by atoms with E-state index in [0.717, 1.165) is 5.69 Å². The first-order chi connectivity index (χ1) is 12.2. The highest BCUT2D eigenvalue weighted by Gasteiger charge is 2.14. The van der Waals surface area contributed by atoms with E-state index < -0.39 is 0 Å². The number of fused-ring (bicyclic) bond motifs is 1. The predicted octanol–water partition coefficient (Wildman–Crippen LogP) is 4.39. The lowest BCUT2D eigenvalue weighted by atomic mass is 10.3. The molecule has 0 atom stereocenters. The summed E-state index contributed by atoms with van der Waals surface area (Å²) in [5, 5.41) is 15.1. The minimum atomic E-state index is 0.219. The van der Waals surface area contributed by atoms with Gasteiger partial charge in [0.05, 0.1) is 16.9 Å². The molecule has 126 valence electrons. The first-order valence-corrected chi connectivity index (χ1v) is 8.01. The van der Waals surface area contributed by atoms with Crippen LogP contribution in [-0.2, 0) is 0 Å². The van der Waals surface area contributed by atoms with Crippen LogP contribution >= 0.6 is 23.2 Å². The molecule has 1 aliphatic heterocycles. The number of nitrogens with zero attached hydrogens (tertiary/aromatic N) is 3. The minimum Gasteiger partial charge on any atom is -0.454 e. The third-order valence-corrected chi connectivity index (χ3v) is 3.94. The van der Waals surface area contributed by atoms with Crippen LogP contribution in [0.25, 0.3) is 0 Å². The Labute approximate surface area is 152 Å². The number of aromatic nitrogens is 3. The smallest absolute Gasteiger partial charge is 0.249 e. The maximum absolute atomic E-state index is 6.14. The molecule has 2 N–H and O–H groups in total. The second kappa shape index (κ2) is 6.62. The van der Waals surface area contributed by atoms with Crippen molar-refractivity contribution < 1.29 is 9.47 Å². The summed E-state index contributed by atoms with van der Waals surface area (Å²) in [7, 11) is 0. The van der Waals surface area contributed by atoms with E-state index in [2.05, 4.69) is 25.8 Å². The van der Waals surface area contributed by atoms with Crippen molar-refractivity contribution in [1.82, 2.24) is 15.2 Å². The van der Waals surface area contributed by atoms with Gasteiger partial charge in [0.1, 0.15) is 0 Å². The molecule has 0 unspecified atom stereocenters. The van der Waals surface area contributed by atoms with Crippen molar-refractivity contribution in [2.75, 3.05) is 17.4 Å². The molecule has 0 saturated heterocycles. The number of rotatable bonds is 4. The fourth-order valence-electron chi connectivity index (χ4n) is 2.25. The van der Waals surface area contributed by atoms with Crippen LogP contribution in [0.4, 0.5) is 23.1 Å². The van der Waals surface area contributed by atoms with Crippen molar-refractivity contribution >= 4 is 46.3 Å². The van der Waals surface area contributed by atoms with E-state index in [0.29, 0.717) is 39.0 Å². The van der Waals surface area contributed by atoms with E-state index in [1.165, 1.54) is 6.20 Å². The maximum atomic E-state index is 6.14. The standard InChI is InChI=1S/C16H11Cl2N5O2/c17-9-1-3-11(18)12(5-9)21-15-7-19-23-16(22-15)20-10-2-4-13-14(6-10)25-8-24-13/h1-7H,8H2,(H2,20,21,22,23). The van der Waals surface area contributed by atoms with Crippen molar-refractivity contribution in [3.05, 3.63) is 52.6 Å². The van der Waals surface area contributed by atoms with Gasteiger partial charge in [0.25, 0.3) is 0 Å². The van der Waals surface area contributed by atoms with Crippen LogP contribution in [0, 0.1) is 0 Å². The molecule has 0 saturated carbocycles. The fraction of sp³-hybridized carbons (Fsp3) is 0.0625. The molecular formula is C16H11Cl2N5O2. The summed E-state index contributed by atoms with van der Waals surface area (Å²) in [6.45, 7) is 0.219. The van der Waals surface area contributed by atoms with Gasteiger partial charge in [0.15, 0.2) is 17.3 Å². The first kappa shape index (κ1) is 15.7. The van der Waals surface area contributed by atoms with Crippen LogP contribution in [-0.4, -0.2) is 22.0 Å². The monoisotopic (exact) mass is 375 g/mol. The zero-order chi connectivity index (χ0) is 17.2. The molecule has 4 rings (SSSR count). The van der Waals surface area contributed by atoms with Gasteiger partial charge in [-0.25, -0.2) is 0 Å². The molecule has 0 radical (unpaired) electrons. The minimum absolute atomic E-state index is 0.219. The maximum Gasteiger partial charge on any atom is 0.249 e. The molecule has 2 aromatic carbocycles. The second-order valence-corrected chi connectivity index (χ2v) is 5.95. The fourth-order valence-corrected chi connectivity index (χ4v) is 2.59. The molecule has 2 heterocycles. The van der Waals surface area contributed by atoms with Crippen LogP contribution in [0.2, 0.25) is 10.0 Å². The Bertz CT molecular complexity index is 938. The van der Waals surface area contributed by atoms with Crippen molar-refractivity contribution in [2.24, 2.45) is 0 Å². The second-order valence-electron chi connectivity index (χ2n) is 5.11. The number of ether oxygens (including phenoxy) is 2. The van der Waals surface area contributed by atoms with Crippen LogP contribution in [0.15, 0.2) is 42.6 Å². The molecule has 0 fully saturated rings. The average molecular weight is 376 g/mol. The Morgan fingerprint density at radius 2 is 1.84 bits per heavy atom. The Kier molecular flexibility index (Phi) is 4.17. The van der Waals surface area contributed by atoms with Gasteiger partial charge in [0, 0.05) is 16.8 Å². The number of anilines is 4. The third kappa shape index (κ3) is 3.52. The molecule has 0 aliphatic carbocycles. The van der Waals surface area contributed by atoms with E-state index in [9.17, 15) is 0 Å². The average Bonchev–Trinajstić information content (AvgIpc) is 3.06. The van der Waals surface area contributed by atoms with Gasteiger partial charge in [0.2, 0.25) is 12.7 Å². The van der Waals surface area contributed by atoms with Gasteiger partial charge < -0.3 is 20.1 Å². The summed E-state index contributed by atoms with van der Waals surface area (Å²) < 4.78 is 10.6. The summed E-state index contributed by atoms with van der Waals surface area (Å²) in [5.74, 6) is 2.16. The highest BCUT2D eigenvalue weighted by atomic mass is 35.5. The molecule has 0 spiro atoms. The molecular weight excluding hydrogens is 365 g/mol. The number of benzene rings is 2. The van der Waals surface area contributed by atoms with Crippen LogP contribution in [0.1, 0.15) is 0 Å². The van der Waals surface area contributed by atoms with Gasteiger partial charge in [-0.2, -0.15) is 10.1 Å². The molecule has 3 aromatic rings. The quantitative estimate of drug-likeness (QED) is 0.699. The van der Waals surface area contributed by atoms with E-state index in [-0.39, 0.29) is 6.79 Å². The molecule has 9 heteroatoms. The summed E-state index contributed by atoms with van der Waals surface area (Å²) in [6.07, 6.45) is 1.49. The summed E-state index contributed by atoms with van der Waals surface area (Å²) in [5.41, 5.74) is 1.38. The van der Waals surface area contributed by atoms with Gasteiger partial charge in [-0.3, -0.25) is 0 Å². The number of hydrogen-bond donors (Lipinski definition) is 2. The van der Waals surface area contributed by atoms with Crippen LogP contribution in [0.3, 0.4) is 0 Å². The number of nitrogens with one attached hydrogen (secondary N) is 2. The van der Waals surface area contributed by atoms with Crippen LogP contribution < -0.4 is 20.1 Å². The molecule has 0 bridgehead atoms. The SMILES string of the molecule is Clc1ccc(Cl)c(Nc2cnnc(Nc3ccc4c(c3)OCO4)n2)c1. The highest BCUT2D eigenvalue weighted by molar-refractivity contribution is 6.35. The Morgan fingerprint density at radius 1 is 0.960 bits per heavy atom. The Balaban J connectivity index is 1.54. The van der Waals surface area contributed by atoms with Crippen molar-refractivity contribution in [1.29, 1.82) is 0 Å². The Morgan fingerprint density at radius 3 is 2.76 bits per heavy atom.